The molecule has 28 heavy (non-hydrogen) atoms. The van der Waals surface area contributed by atoms with Crippen LogP contribution < -0.4 is 4.90 Å². The molecule has 5 aromatic rings. The highest BCUT2D eigenvalue weighted by Crippen LogP contribution is 2.41. The predicted molar refractivity (Wildman–Crippen MR) is 121 cm³/mol. The van der Waals surface area contributed by atoms with Gasteiger partial charge >= 0.3 is 0 Å². The third-order valence-corrected chi connectivity index (χ3v) is 5.26. The number of fused-ring (bicyclic) bond motifs is 3. The fourth-order valence-corrected chi connectivity index (χ4v) is 3.99. The van der Waals surface area contributed by atoms with Crippen molar-refractivity contribution >= 4 is 38.6 Å². The molecule has 0 fully saturated rings. The molecule has 1 heteroatoms. The number of hydrogen-bond acceptors (Lipinski definition) is 1. The molecule has 0 spiro atoms. The molecule has 0 atom stereocenters. The van der Waals surface area contributed by atoms with Gasteiger partial charge in [-0.05, 0) is 59.0 Å². The van der Waals surface area contributed by atoms with Gasteiger partial charge < -0.3 is 4.90 Å². The van der Waals surface area contributed by atoms with Gasteiger partial charge in [0.2, 0.25) is 0 Å². The molecule has 0 aliphatic carbocycles. The van der Waals surface area contributed by atoms with Gasteiger partial charge in [-0.2, -0.15) is 0 Å². The maximum absolute atomic E-state index is 2.36. The van der Waals surface area contributed by atoms with Crippen LogP contribution in [0.4, 0.5) is 17.1 Å². The summed E-state index contributed by atoms with van der Waals surface area (Å²) in [5.41, 5.74) is 4.79. The second-order valence-electron chi connectivity index (χ2n) is 7.17. The topological polar surface area (TPSA) is 3.24 Å². The minimum absolute atomic E-state index is 1.16. The third-order valence-electron chi connectivity index (χ3n) is 5.26. The summed E-state index contributed by atoms with van der Waals surface area (Å²) >= 11 is 0. The van der Waals surface area contributed by atoms with Gasteiger partial charge in [-0.3, -0.25) is 0 Å². The monoisotopic (exact) mass is 359 g/mol. The first kappa shape index (κ1) is 16.6. The smallest absolute Gasteiger partial charge is 0.0546 e. The van der Waals surface area contributed by atoms with Crippen LogP contribution in [0.3, 0.4) is 0 Å². The molecular weight excluding hydrogens is 338 g/mol. The van der Waals surface area contributed by atoms with Crippen molar-refractivity contribution < 1.29 is 0 Å². The van der Waals surface area contributed by atoms with Gasteiger partial charge in [0, 0.05) is 16.8 Å². The Bertz CT molecular complexity index is 1270. The Balaban J connectivity index is 1.87. The summed E-state index contributed by atoms with van der Waals surface area (Å²) in [6.07, 6.45) is 0. The van der Waals surface area contributed by atoms with Gasteiger partial charge in [-0.15, -0.1) is 0 Å². The Morgan fingerprint density at radius 3 is 1.93 bits per heavy atom. The molecule has 0 heterocycles. The molecule has 5 rings (SSSR count). The summed E-state index contributed by atoms with van der Waals surface area (Å²) < 4.78 is 0. The van der Waals surface area contributed by atoms with Crippen LogP contribution in [0.25, 0.3) is 21.5 Å². The minimum Gasteiger partial charge on any atom is -0.310 e. The largest absolute Gasteiger partial charge is 0.310 e. The minimum atomic E-state index is 1.16. The van der Waals surface area contributed by atoms with E-state index in [4.69, 9.17) is 0 Å². The molecule has 0 saturated heterocycles. The molecule has 0 aliphatic rings. The highest BCUT2D eigenvalue weighted by atomic mass is 15.1. The van der Waals surface area contributed by atoms with E-state index in [0.29, 0.717) is 0 Å². The van der Waals surface area contributed by atoms with Crippen LogP contribution >= 0.6 is 0 Å². The standard InChI is InChI=1S/C27H21N/c1-20-10-9-14-23(18-20)28(22-12-3-2-4-13-22)27-19-21-11-5-6-15-24(21)25-16-7-8-17-26(25)27/h2-19H,1H3. The van der Waals surface area contributed by atoms with Crippen LogP contribution in [0.2, 0.25) is 0 Å². The average molecular weight is 359 g/mol. The molecule has 0 bridgehead atoms. The fraction of sp³-hybridized carbons (Fsp3) is 0.0370. The fourth-order valence-electron chi connectivity index (χ4n) is 3.99. The second kappa shape index (κ2) is 6.86. The number of nitrogens with zero attached hydrogens (tertiary/aromatic N) is 1. The van der Waals surface area contributed by atoms with Crippen LogP contribution in [0.1, 0.15) is 5.56 Å². The predicted octanol–water partition coefficient (Wildman–Crippen LogP) is 7.77. The number of para-hydroxylation sites is 1. The number of anilines is 3. The second-order valence-corrected chi connectivity index (χ2v) is 7.17. The average Bonchev–Trinajstić information content (AvgIpc) is 2.75. The zero-order valence-electron chi connectivity index (χ0n) is 15.8. The summed E-state index contributed by atoms with van der Waals surface area (Å²) in [4.78, 5) is 2.36. The zero-order valence-corrected chi connectivity index (χ0v) is 15.8. The molecule has 134 valence electrons. The lowest BCUT2D eigenvalue weighted by atomic mass is 9.99. The van der Waals surface area contributed by atoms with Gasteiger partial charge in [-0.25, -0.2) is 0 Å². The SMILES string of the molecule is Cc1cccc(N(c2ccccc2)c2cc3ccccc3c3ccccc23)c1. The van der Waals surface area contributed by atoms with Gasteiger partial charge in [0.1, 0.15) is 0 Å². The molecule has 0 radical (unpaired) electrons. The first-order valence-corrected chi connectivity index (χ1v) is 9.63. The van der Waals surface area contributed by atoms with Crippen molar-refractivity contribution in [1.29, 1.82) is 0 Å². The number of benzene rings is 5. The Hall–Kier alpha value is -3.58. The highest BCUT2D eigenvalue weighted by molar-refractivity contribution is 6.14. The molecule has 0 unspecified atom stereocenters. The molecule has 0 N–H and O–H groups in total. The summed E-state index contributed by atoms with van der Waals surface area (Å²) in [5.74, 6) is 0. The van der Waals surface area contributed by atoms with Crippen molar-refractivity contribution in [3.63, 3.8) is 0 Å². The number of aryl methyl sites for hydroxylation is 1. The maximum atomic E-state index is 2.36. The molecule has 0 aliphatic heterocycles. The Kier molecular flexibility index (Phi) is 4.06. The van der Waals surface area contributed by atoms with E-state index >= 15 is 0 Å². The molecule has 5 aromatic carbocycles. The lowest BCUT2D eigenvalue weighted by molar-refractivity contribution is 1.29. The molecule has 0 saturated carbocycles. The van der Waals surface area contributed by atoms with E-state index < -0.39 is 0 Å². The summed E-state index contributed by atoms with van der Waals surface area (Å²) in [5, 5.41) is 5.08. The van der Waals surface area contributed by atoms with E-state index in [1.54, 1.807) is 0 Å². The van der Waals surface area contributed by atoms with E-state index in [1.165, 1.54) is 38.5 Å². The summed E-state index contributed by atoms with van der Waals surface area (Å²) in [6.45, 7) is 2.14. The van der Waals surface area contributed by atoms with Gasteiger partial charge in [-0.1, -0.05) is 78.9 Å². The zero-order chi connectivity index (χ0) is 18.9. The molecule has 0 aromatic heterocycles. The Labute approximate surface area is 165 Å². The maximum Gasteiger partial charge on any atom is 0.0546 e. The third kappa shape index (κ3) is 2.82. The Morgan fingerprint density at radius 1 is 0.500 bits per heavy atom. The van der Waals surface area contributed by atoms with Crippen LogP contribution in [0, 0.1) is 6.92 Å². The van der Waals surface area contributed by atoms with Crippen LogP contribution in [0.5, 0.6) is 0 Å². The lowest BCUT2D eigenvalue weighted by Crippen LogP contribution is -2.10. The van der Waals surface area contributed by atoms with Gasteiger partial charge in [0.15, 0.2) is 0 Å². The summed E-state index contributed by atoms with van der Waals surface area (Å²) in [6, 6.07) is 39.0. The van der Waals surface area contributed by atoms with E-state index in [0.717, 1.165) is 5.69 Å². The van der Waals surface area contributed by atoms with Crippen molar-refractivity contribution in [2.45, 2.75) is 6.92 Å². The molecular formula is C27H21N. The van der Waals surface area contributed by atoms with Crippen LogP contribution in [-0.4, -0.2) is 0 Å². The first-order valence-electron chi connectivity index (χ1n) is 9.63. The van der Waals surface area contributed by atoms with Crippen molar-refractivity contribution in [3.8, 4) is 0 Å². The number of rotatable bonds is 3. The van der Waals surface area contributed by atoms with Crippen molar-refractivity contribution in [3.05, 3.63) is 115 Å². The normalized spacial score (nSPS) is 11.0. The van der Waals surface area contributed by atoms with E-state index in [1.807, 2.05) is 0 Å². The molecule has 1 nitrogen and oxygen atoms in total. The van der Waals surface area contributed by atoms with Gasteiger partial charge in [0.05, 0.1) is 5.69 Å². The van der Waals surface area contributed by atoms with Crippen molar-refractivity contribution in [1.82, 2.24) is 0 Å². The van der Waals surface area contributed by atoms with Crippen LogP contribution in [-0.2, 0) is 0 Å². The van der Waals surface area contributed by atoms with Gasteiger partial charge in [0.25, 0.3) is 0 Å². The molecule has 0 amide bonds. The first-order chi connectivity index (χ1) is 13.8. The highest BCUT2D eigenvalue weighted by Gasteiger charge is 2.16. The Morgan fingerprint density at radius 2 is 1.14 bits per heavy atom. The van der Waals surface area contributed by atoms with Crippen molar-refractivity contribution in [2.24, 2.45) is 0 Å². The number of hydrogen-bond donors (Lipinski definition) is 0. The van der Waals surface area contributed by atoms with E-state index in [2.05, 4.69) is 121 Å². The van der Waals surface area contributed by atoms with E-state index in [-0.39, 0.29) is 0 Å². The van der Waals surface area contributed by atoms with Crippen molar-refractivity contribution in [2.75, 3.05) is 4.90 Å². The van der Waals surface area contributed by atoms with Crippen LogP contribution in [0.15, 0.2) is 109 Å². The van der Waals surface area contributed by atoms with E-state index in [9.17, 15) is 0 Å². The quantitative estimate of drug-likeness (QED) is 0.297. The lowest BCUT2D eigenvalue weighted by Gasteiger charge is -2.27. The summed E-state index contributed by atoms with van der Waals surface area (Å²) in [7, 11) is 0.